The molecule has 0 radical (unpaired) electrons. The third-order valence-corrected chi connectivity index (χ3v) is 8.25. The number of anilines is 1. The van der Waals surface area contributed by atoms with Gasteiger partial charge in [-0.3, -0.25) is 13.9 Å². The Morgan fingerprint density at radius 2 is 1.56 bits per heavy atom. The number of ether oxygens (including phenoxy) is 2. The zero-order valence-corrected chi connectivity index (χ0v) is 24.0. The van der Waals surface area contributed by atoms with E-state index in [1.807, 2.05) is 6.92 Å². The van der Waals surface area contributed by atoms with Gasteiger partial charge in [0, 0.05) is 24.7 Å². The molecule has 1 atom stereocenters. The van der Waals surface area contributed by atoms with E-state index in [4.69, 9.17) is 21.1 Å². The molecular weight excluding hydrogens is 542 g/mol. The molecule has 3 aromatic rings. The molecule has 0 bridgehead atoms. The van der Waals surface area contributed by atoms with Crippen molar-refractivity contribution in [3.63, 3.8) is 0 Å². The van der Waals surface area contributed by atoms with Crippen molar-refractivity contribution in [1.29, 1.82) is 0 Å². The highest BCUT2D eigenvalue weighted by atomic mass is 35.5. The number of carbonyl (C=O) groups excluding carboxylic acids is 2. The Bertz CT molecular complexity index is 1410. The Morgan fingerprint density at radius 1 is 0.949 bits per heavy atom. The number of methoxy groups -OCH3 is 2. The predicted molar refractivity (Wildman–Crippen MR) is 151 cm³/mol. The minimum atomic E-state index is -4.25. The summed E-state index contributed by atoms with van der Waals surface area (Å²) in [7, 11) is 0.0829. The van der Waals surface area contributed by atoms with Crippen molar-refractivity contribution in [2.45, 2.75) is 31.3 Å². The molecule has 9 nitrogen and oxygen atoms in total. The first kappa shape index (κ1) is 29.8. The van der Waals surface area contributed by atoms with Crippen LogP contribution in [0.4, 0.5) is 5.69 Å². The summed E-state index contributed by atoms with van der Waals surface area (Å²) in [5, 5.41) is 3.08. The lowest BCUT2D eigenvalue weighted by atomic mass is 10.1. The maximum Gasteiger partial charge on any atom is 0.264 e. The van der Waals surface area contributed by atoms with Gasteiger partial charge in [0.2, 0.25) is 11.8 Å². The molecule has 3 rings (SSSR count). The van der Waals surface area contributed by atoms with Gasteiger partial charge in [0.05, 0.1) is 24.8 Å². The number of nitrogens with zero attached hydrogens (tertiary/aromatic N) is 2. The van der Waals surface area contributed by atoms with Gasteiger partial charge in [-0.25, -0.2) is 8.42 Å². The summed E-state index contributed by atoms with van der Waals surface area (Å²) >= 11 is 6.01. The molecule has 0 aliphatic heterocycles. The smallest absolute Gasteiger partial charge is 0.264 e. The molecule has 0 saturated carbocycles. The van der Waals surface area contributed by atoms with Gasteiger partial charge < -0.3 is 19.7 Å². The quantitative estimate of drug-likeness (QED) is 0.371. The zero-order valence-electron chi connectivity index (χ0n) is 22.5. The number of carbonyl (C=O) groups is 2. The molecule has 39 heavy (non-hydrogen) atoms. The SMILES string of the molecule is CNC(=O)C(C)N(Cc1ccc(Cl)cc1)C(=O)CN(c1ccc(C)cc1)S(=O)(=O)c1ccc(OC)c(OC)c1. The van der Waals surface area contributed by atoms with Crippen LogP contribution >= 0.6 is 11.6 Å². The molecule has 1 unspecified atom stereocenters. The van der Waals surface area contributed by atoms with Crippen molar-refractivity contribution >= 4 is 39.1 Å². The van der Waals surface area contributed by atoms with Crippen LogP contribution in [0.1, 0.15) is 18.1 Å². The van der Waals surface area contributed by atoms with Crippen molar-refractivity contribution in [2.24, 2.45) is 0 Å². The van der Waals surface area contributed by atoms with E-state index in [-0.39, 0.29) is 23.1 Å². The number of halogens is 1. The number of nitrogens with one attached hydrogen (secondary N) is 1. The average Bonchev–Trinajstić information content (AvgIpc) is 2.94. The summed E-state index contributed by atoms with van der Waals surface area (Å²) in [4.78, 5) is 27.6. The summed E-state index contributed by atoms with van der Waals surface area (Å²) in [5.41, 5.74) is 1.95. The first-order valence-corrected chi connectivity index (χ1v) is 13.9. The van der Waals surface area contributed by atoms with Gasteiger partial charge >= 0.3 is 0 Å². The Balaban J connectivity index is 2.06. The van der Waals surface area contributed by atoms with Crippen molar-refractivity contribution in [3.8, 4) is 11.5 Å². The standard InChI is InChI=1S/C28H32ClN3O6S/c1-19-6-12-23(13-7-19)32(39(35,36)24-14-15-25(37-4)26(16-24)38-5)18-27(33)31(20(2)28(34)30-3)17-21-8-10-22(29)11-9-21/h6-16,20H,17-18H2,1-5H3,(H,30,34). The Hall–Kier alpha value is -3.76. The zero-order chi connectivity index (χ0) is 28.7. The minimum Gasteiger partial charge on any atom is -0.493 e. The van der Waals surface area contributed by atoms with Gasteiger partial charge in [-0.2, -0.15) is 0 Å². The normalized spacial score (nSPS) is 11.8. The second-order valence-corrected chi connectivity index (χ2v) is 11.1. The van der Waals surface area contributed by atoms with E-state index in [1.165, 1.54) is 44.4 Å². The lowest BCUT2D eigenvalue weighted by molar-refractivity contribution is -0.139. The highest BCUT2D eigenvalue weighted by Gasteiger charge is 2.32. The Morgan fingerprint density at radius 3 is 2.13 bits per heavy atom. The number of aryl methyl sites for hydroxylation is 1. The fourth-order valence-electron chi connectivity index (χ4n) is 3.92. The maximum atomic E-state index is 14.0. The molecule has 3 aromatic carbocycles. The van der Waals surface area contributed by atoms with Crippen LogP contribution in [-0.2, 0) is 26.2 Å². The van der Waals surface area contributed by atoms with Crippen molar-refractivity contribution in [1.82, 2.24) is 10.2 Å². The fraction of sp³-hybridized carbons (Fsp3) is 0.286. The van der Waals surface area contributed by atoms with Crippen LogP contribution in [0.15, 0.2) is 71.6 Å². The monoisotopic (exact) mass is 573 g/mol. The van der Waals surface area contributed by atoms with Crippen LogP contribution < -0.4 is 19.1 Å². The topological polar surface area (TPSA) is 105 Å². The van der Waals surface area contributed by atoms with E-state index < -0.39 is 28.5 Å². The third kappa shape index (κ3) is 7.01. The first-order chi connectivity index (χ1) is 18.5. The van der Waals surface area contributed by atoms with E-state index in [2.05, 4.69) is 5.32 Å². The molecular formula is C28H32ClN3O6S. The van der Waals surface area contributed by atoms with Crippen LogP contribution in [0.25, 0.3) is 0 Å². The van der Waals surface area contributed by atoms with E-state index in [9.17, 15) is 18.0 Å². The van der Waals surface area contributed by atoms with E-state index in [0.717, 1.165) is 15.4 Å². The molecule has 0 aromatic heterocycles. The second kappa shape index (κ2) is 12.9. The number of benzene rings is 3. The fourth-order valence-corrected chi connectivity index (χ4v) is 5.48. The van der Waals surface area contributed by atoms with Gasteiger partial charge in [-0.1, -0.05) is 41.4 Å². The van der Waals surface area contributed by atoms with Crippen molar-refractivity contribution < 1.29 is 27.5 Å². The van der Waals surface area contributed by atoms with Crippen LogP contribution in [-0.4, -0.2) is 59.0 Å². The van der Waals surface area contributed by atoms with Crippen LogP contribution in [0.2, 0.25) is 5.02 Å². The van der Waals surface area contributed by atoms with Gasteiger partial charge in [0.1, 0.15) is 12.6 Å². The molecule has 0 saturated heterocycles. The Kier molecular flexibility index (Phi) is 9.82. The number of likely N-dealkylation sites (N-methyl/N-ethyl adjacent to an activating group) is 1. The predicted octanol–water partition coefficient (Wildman–Crippen LogP) is 4.02. The lowest BCUT2D eigenvalue weighted by Crippen LogP contribution is -2.50. The molecule has 11 heteroatoms. The highest BCUT2D eigenvalue weighted by Crippen LogP contribution is 2.32. The van der Waals surface area contributed by atoms with E-state index in [0.29, 0.717) is 16.5 Å². The largest absolute Gasteiger partial charge is 0.493 e. The summed E-state index contributed by atoms with van der Waals surface area (Å²) < 4.78 is 39.5. The first-order valence-electron chi connectivity index (χ1n) is 12.1. The molecule has 2 amide bonds. The van der Waals surface area contributed by atoms with Gasteiger partial charge in [-0.15, -0.1) is 0 Å². The van der Waals surface area contributed by atoms with E-state index >= 15 is 0 Å². The van der Waals surface area contributed by atoms with Gasteiger partial charge in [0.15, 0.2) is 11.5 Å². The minimum absolute atomic E-state index is 0.0722. The molecule has 0 aliphatic rings. The summed E-state index contributed by atoms with van der Waals surface area (Å²) in [6.45, 7) is 2.99. The number of sulfonamides is 1. The highest BCUT2D eigenvalue weighted by molar-refractivity contribution is 7.92. The van der Waals surface area contributed by atoms with Gasteiger partial charge in [0.25, 0.3) is 10.0 Å². The molecule has 208 valence electrons. The molecule has 1 N–H and O–H groups in total. The maximum absolute atomic E-state index is 14.0. The molecule has 0 heterocycles. The number of hydrogen-bond donors (Lipinski definition) is 1. The van der Waals surface area contributed by atoms with Crippen LogP contribution in [0.5, 0.6) is 11.5 Å². The number of amides is 2. The molecule has 0 fully saturated rings. The van der Waals surface area contributed by atoms with Crippen molar-refractivity contribution in [3.05, 3.63) is 82.9 Å². The Labute approximate surface area is 234 Å². The second-order valence-electron chi connectivity index (χ2n) is 8.80. The van der Waals surface area contributed by atoms with Crippen molar-refractivity contribution in [2.75, 3.05) is 32.1 Å². The van der Waals surface area contributed by atoms with Gasteiger partial charge in [-0.05, 0) is 55.8 Å². The lowest BCUT2D eigenvalue weighted by Gasteiger charge is -2.32. The van der Waals surface area contributed by atoms with E-state index in [1.54, 1.807) is 55.5 Å². The summed E-state index contributed by atoms with van der Waals surface area (Å²) in [6.07, 6.45) is 0. The number of hydrogen-bond acceptors (Lipinski definition) is 6. The average molecular weight is 574 g/mol. The summed E-state index contributed by atoms with van der Waals surface area (Å²) in [5.74, 6) is -0.359. The third-order valence-electron chi connectivity index (χ3n) is 6.22. The number of rotatable bonds is 11. The molecule has 0 spiro atoms. The molecule has 0 aliphatic carbocycles. The summed E-state index contributed by atoms with van der Waals surface area (Å²) in [6, 6.07) is 17.0. The van der Waals surface area contributed by atoms with Crippen LogP contribution in [0.3, 0.4) is 0 Å². The van der Waals surface area contributed by atoms with Crippen LogP contribution in [0, 0.1) is 6.92 Å².